The largest absolute Gasteiger partial charge is 0.495 e. The van der Waals surface area contributed by atoms with E-state index in [4.69, 9.17) is 4.74 Å². The molecule has 1 aromatic heterocycles. The van der Waals surface area contributed by atoms with Crippen molar-refractivity contribution < 1.29 is 22.7 Å². The molecular formula is C25H29N3O5S. The molecule has 0 aliphatic carbocycles. The Morgan fingerprint density at radius 2 is 1.65 bits per heavy atom. The number of hydrogen-bond acceptors (Lipinski definition) is 5. The number of para-hydroxylation sites is 3. The van der Waals surface area contributed by atoms with Crippen LogP contribution in [0.4, 0.5) is 5.69 Å². The molecule has 0 saturated carbocycles. The second-order valence-electron chi connectivity index (χ2n) is 8.44. The van der Waals surface area contributed by atoms with Crippen LogP contribution in [0.1, 0.15) is 25.7 Å². The maximum Gasteiger partial charge on any atom is 0.242 e. The molecular weight excluding hydrogens is 454 g/mol. The summed E-state index contributed by atoms with van der Waals surface area (Å²) in [5.74, 6) is -0.974. The molecule has 2 heterocycles. The maximum atomic E-state index is 13.2. The minimum absolute atomic E-state index is 0.0273. The summed E-state index contributed by atoms with van der Waals surface area (Å²) in [6, 6.07) is 13.8. The molecule has 1 saturated heterocycles. The topological polar surface area (TPSA) is 97.7 Å². The minimum Gasteiger partial charge on any atom is -0.495 e. The first-order chi connectivity index (χ1) is 16.4. The monoisotopic (exact) mass is 483 g/mol. The van der Waals surface area contributed by atoms with Crippen LogP contribution in [0.3, 0.4) is 0 Å². The molecule has 3 aromatic rings. The number of aromatic nitrogens is 1. The van der Waals surface area contributed by atoms with Gasteiger partial charge in [0.25, 0.3) is 0 Å². The number of amides is 2. The highest BCUT2D eigenvalue weighted by Crippen LogP contribution is 2.28. The third kappa shape index (κ3) is 5.25. The highest BCUT2D eigenvalue weighted by atomic mass is 32.2. The van der Waals surface area contributed by atoms with Crippen LogP contribution < -0.4 is 10.1 Å². The van der Waals surface area contributed by atoms with Gasteiger partial charge in [-0.3, -0.25) is 9.59 Å². The Kier molecular flexibility index (Phi) is 7.21. The van der Waals surface area contributed by atoms with E-state index in [-0.39, 0.29) is 17.3 Å². The quantitative estimate of drug-likeness (QED) is 0.555. The smallest absolute Gasteiger partial charge is 0.242 e. The second kappa shape index (κ2) is 10.3. The number of sulfone groups is 1. The fraction of sp³-hybridized carbons (Fsp3) is 0.360. The summed E-state index contributed by atoms with van der Waals surface area (Å²) in [6.07, 6.45) is 5.69. The van der Waals surface area contributed by atoms with Gasteiger partial charge in [0.15, 0.2) is 9.84 Å². The van der Waals surface area contributed by atoms with Gasteiger partial charge in [0.05, 0.1) is 17.7 Å². The zero-order valence-corrected chi connectivity index (χ0v) is 20.0. The summed E-state index contributed by atoms with van der Waals surface area (Å²) in [5, 5.41) is 3.11. The first-order valence-electron chi connectivity index (χ1n) is 11.4. The van der Waals surface area contributed by atoms with Crippen LogP contribution in [0.2, 0.25) is 0 Å². The van der Waals surface area contributed by atoms with E-state index >= 15 is 0 Å². The number of fused-ring (bicyclic) bond motifs is 1. The molecule has 0 atom stereocenters. The Morgan fingerprint density at radius 3 is 2.38 bits per heavy atom. The van der Waals surface area contributed by atoms with Crippen molar-refractivity contribution in [1.29, 1.82) is 0 Å². The third-order valence-electron chi connectivity index (χ3n) is 6.05. The van der Waals surface area contributed by atoms with Crippen molar-refractivity contribution in [2.45, 2.75) is 37.1 Å². The fourth-order valence-electron chi connectivity index (χ4n) is 4.34. The van der Waals surface area contributed by atoms with Crippen LogP contribution in [0.25, 0.3) is 10.9 Å². The lowest BCUT2D eigenvalue weighted by Gasteiger charge is -2.20. The van der Waals surface area contributed by atoms with E-state index < -0.39 is 21.5 Å². The van der Waals surface area contributed by atoms with Crippen molar-refractivity contribution in [1.82, 2.24) is 9.47 Å². The average molecular weight is 484 g/mol. The normalized spacial score (nSPS) is 14.6. The number of carbonyl (C=O) groups is 2. The summed E-state index contributed by atoms with van der Waals surface area (Å²) < 4.78 is 33.4. The molecule has 0 radical (unpaired) electrons. The molecule has 34 heavy (non-hydrogen) atoms. The SMILES string of the molecule is COc1ccccc1NC(=O)CS(=O)(=O)c1cn(CC(=O)N2CCCCCC2)c2ccccc12. The van der Waals surface area contributed by atoms with Crippen molar-refractivity contribution in [3.8, 4) is 5.75 Å². The molecule has 0 bridgehead atoms. The van der Waals surface area contributed by atoms with E-state index in [2.05, 4.69) is 5.32 Å². The molecule has 9 heteroatoms. The van der Waals surface area contributed by atoms with Gasteiger partial charge in [-0.1, -0.05) is 43.2 Å². The van der Waals surface area contributed by atoms with Crippen molar-refractivity contribution >= 4 is 38.2 Å². The van der Waals surface area contributed by atoms with E-state index in [0.29, 0.717) is 22.3 Å². The molecule has 0 unspecified atom stereocenters. The number of hydrogen-bond donors (Lipinski definition) is 1. The van der Waals surface area contributed by atoms with Gasteiger partial charge in [-0.25, -0.2) is 8.42 Å². The summed E-state index contributed by atoms with van der Waals surface area (Å²) >= 11 is 0. The van der Waals surface area contributed by atoms with E-state index in [9.17, 15) is 18.0 Å². The van der Waals surface area contributed by atoms with E-state index in [1.54, 1.807) is 53.1 Å². The Bertz CT molecular complexity index is 1290. The first-order valence-corrected chi connectivity index (χ1v) is 13.1. The number of anilines is 1. The zero-order valence-electron chi connectivity index (χ0n) is 19.2. The summed E-state index contributed by atoms with van der Waals surface area (Å²) in [5.41, 5.74) is 1.05. The lowest BCUT2D eigenvalue weighted by Crippen LogP contribution is -2.34. The lowest BCUT2D eigenvalue weighted by atomic mass is 10.2. The Hall–Kier alpha value is -3.33. The number of carbonyl (C=O) groups excluding carboxylic acids is 2. The Labute approximate surface area is 199 Å². The van der Waals surface area contributed by atoms with E-state index in [1.807, 2.05) is 4.90 Å². The van der Waals surface area contributed by atoms with Crippen LogP contribution >= 0.6 is 0 Å². The molecule has 1 aliphatic heterocycles. The van der Waals surface area contributed by atoms with Gasteiger partial charge in [0, 0.05) is 30.2 Å². The fourth-order valence-corrected chi connectivity index (χ4v) is 5.71. The molecule has 180 valence electrons. The summed E-state index contributed by atoms with van der Waals surface area (Å²) in [4.78, 5) is 27.5. The Balaban J connectivity index is 1.57. The molecule has 8 nitrogen and oxygen atoms in total. The van der Waals surface area contributed by atoms with Gasteiger partial charge < -0.3 is 19.5 Å². The lowest BCUT2D eigenvalue weighted by molar-refractivity contribution is -0.131. The van der Waals surface area contributed by atoms with Crippen LogP contribution in [-0.4, -0.2) is 55.7 Å². The number of methoxy groups -OCH3 is 1. The number of nitrogens with one attached hydrogen (secondary N) is 1. The van der Waals surface area contributed by atoms with Gasteiger partial charge in [0.1, 0.15) is 18.0 Å². The van der Waals surface area contributed by atoms with Crippen LogP contribution in [-0.2, 0) is 26.0 Å². The van der Waals surface area contributed by atoms with E-state index in [1.165, 1.54) is 13.3 Å². The number of benzene rings is 2. The van der Waals surface area contributed by atoms with Gasteiger partial charge in [-0.2, -0.15) is 0 Å². The number of likely N-dealkylation sites (tertiary alicyclic amines) is 1. The number of nitrogens with zero attached hydrogens (tertiary/aromatic N) is 2. The number of rotatable bonds is 7. The molecule has 1 N–H and O–H groups in total. The number of ether oxygens (including phenoxy) is 1. The average Bonchev–Trinajstić information content (AvgIpc) is 2.99. The highest BCUT2D eigenvalue weighted by Gasteiger charge is 2.26. The molecule has 1 aliphatic rings. The Morgan fingerprint density at radius 1 is 0.971 bits per heavy atom. The molecule has 1 fully saturated rings. The zero-order chi connectivity index (χ0) is 24.1. The predicted octanol–water partition coefficient (Wildman–Crippen LogP) is 3.46. The van der Waals surface area contributed by atoms with Crippen molar-refractivity contribution in [2.75, 3.05) is 31.3 Å². The molecule has 2 aromatic carbocycles. The molecule has 2 amide bonds. The molecule has 0 spiro atoms. The molecule has 4 rings (SSSR count). The van der Waals surface area contributed by atoms with Crippen molar-refractivity contribution in [2.24, 2.45) is 0 Å². The van der Waals surface area contributed by atoms with Gasteiger partial charge in [0.2, 0.25) is 11.8 Å². The summed E-state index contributed by atoms with van der Waals surface area (Å²) in [6.45, 7) is 1.52. The van der Waals surface area contributed by atoms with Crippen LogP contribution in [0, 0.1) is 0 Å². The van der Waals surface area contributed by atoms with Gasteiger partial charge in [-0.05, 0) is 31.0 Å². The van der Waals surface area contributed by atoms with Crippen molar-refractivity contribution in [3.05, 3.63) is 54.7 Å². The van der Waals surface area contributed by atoms with Gasteiger partial charge in [-0.15, -0.1) is 0 Å². The minimum atomic E-state index is -3.97. The van der Waals surface area contributed by atoms with Crippen LogP contribution in [0.5, 0.6) is 5.75 Å². The first kappa shape index (κ1) is 23.8. The maximum absolute atomic E-state index is 13.2. The van der Waals surface area contributed by atoms with Crippen molar-refractivity contribution in [3.63, 3.8) is 0 Å². The standard InChI is InChI=1S/C25H29N3O5S/c1-33-22-13-7-5-11-20(22)26-24(29)18-34(31,32)23-16-28(21-12-6-4-10-19(21)23)17-25(30)27-14-8-2-3-9-15-27/h4-7,10-13,16H,2-3,8-9,14-15,17-18H2,1H3,(H,26,29). The summed E-state index contributed by atoms with van der Waals surface area (Å²) in [7, 11) is -2.49. The second-order valence-corrected chi connectivity index (χ2v) is 10.4. The van der Waals surface area contributed by atoms with E-state index in [0.717, 1.165) is 38.8 Å². The third-order valence-corrected chi connectivity index (χ3v) is 7.69. The predicted molar refractivity (Wildman–Crippen MR) is 131 cm³/mol. The highest BCUT2D eigenvalue weighted by molar-refractivity contribution is 7.92. The van der Waals surface area contributed by atoms with Gasteiger partial charge >= 0.3 is 0 Å². The van der Waals surface area contributed by atoms with Crippen LogP contribution in [0.15, 0.2) is 59.6 Å².